The number of aromatic nitrogens is 2. The lowest BCUT2D eigenvalue weighted by Crippen LogP contribution is -2.22. The summed E-state index contributed by atoms with van der Waals surface area (Å²) in [4.78, 5) is 30.5. The van der Waals surface area contributed by atoms with Gasteiger partial charge in [0.15, 0.2) is 10.9 Å². The Morgan fingerprint density at radius 3 is 2.34 bits per heavy atom. The van der Waals surface area contributed by atoms with Crippen LogP contribution in [0.1, 0.15) is 22.8 Å². The molecule has 0 radical (unpaired) electrons. The molecule has 1 aromatic heterocycles. The van der Waals surface area contributed by atoms with Crippen molar-refractivity contribution in [1.82, 2.24) is 9.55 Å². The van der Waals surface area contributed by atoms with Gasteiger partial charge < -0.3 is 0 Å². The summed E-state index contributed by atoms with van der Waals surface area (Å²) >= 11 is 1.29. The standard InChI is InChI=1S/C24H20N2O2S/c1-2-17-12-14-18(15-13-17)22(27)16-29-24-25-21-11-7-6-10-20(21)23(28)26(24)19-8-4-3-5-9-19/h3-15H,2,16H2,1H3. The zero-order chi connectivity index (χ0) is 20.2. The first-order valence-electron chi connectivity index (χ1n) is 9.49. The van der Waals surface area contributed by atoms with Gasteiger partial charge in [-0.25, -0.2) is 4.98 Å². The van der Waals surface area contributed by atoms with Gasteiger partial charge in [0.2, 0.25) is 0 Å². The van der Waals surface area contributed by atoms with Crippen molar-refractivity contribution in [3.05, 3.63) is 100 Å². The number of thioether (sulfide) groups is 1. The maximum atomic E-state index is 13.2. The second-order valence-electron chi connectivity index (χ2n) is 6.65. The van der Waals surface area contributed by atoms with Gasteiger partial charge in [-0.05, 0) is 36.2 Å². The fraction of sp³-hybridized carbons (Fsp3) is 0.125. The number of nitrogens with zero attached hydrogens (tertiary/aromatic N) is 2. The quantitative estimate of drug-likeness (QED) is 0.262. The van der Waals surface area contributed by atoms with Crippen molar-refractivity contribution in [1.29, 1.82) is 0 Å². The number of para-hydroxylation sites is 2. The molecule has 0 fully saturated rings. The smallest absolute Gasteiger partial charge is 0.266 e. The lowest BCUT2D eigenvalue weighted by atomic mass is 10.1. The number of fused-ring (bicyclic) bond motifs is 1. The summed E-state index contributed by atoms with van der Waals surface area (Å²) in [5.41, 5.74) is 3.10. The van der Waals surface area contributed by atoms with E-state index < -0.39 is 0 Å². The van der Waals surface area contributed by atoms with Crippen molar-refractivity contribution in [3.63, 3.8) is 0 Å². The molecule has 1 heterocycles. The predicted octanol–water partition coefficient (Wildman–Crippen LogP) is 4.92. The molecule has 4 aromatic rings. The fourth-order valence-corrected chi connectivity index (χ4v) is 4.06. The largest absolute Gasteiger partial charge is 0.293 e. The second-order valence-corrected chi connectivity index (χ2v) is 7.59. The Labute approximate surface area is 173 Å². The minimum atomic E-state index is -0.135. The van der Waals surface area contributed by atoms with Crippen LogP contribution in [0.25, 0.3) is 16.6 Å². The zero-order valence-corrected chi connectivity index (χ0v) is 16.9. The van der Waals surface area contributed by atoms with Gasteiger partial charge >= 0.3 is 0 Å². The Hall–Kier alpha value is -3.18. The zero-order valence-electron chi connectivity index (χ0n) is 16.0. The molecule has 0 aliphatic heterocycles. The Bertz CT molecular complexity index is 1220. The monoisotopic (exact) mass is 400 g/mol. The van der Waals surface area contributed by atoms with E-state index in [0.29, 0.717) is 21.6 Å². The molecule has 4 nitrogen and oxygen atoms in total. The van der Waals surface area contributed by atoms with Crippen LogP contribution in [0.3, 0.4) is 0 Å². The molecule has 0 unspecified atom stereocenters. The summed E-state index contributed by atoms with van der Waals surface area (Å²) < 4.78 is 1.58. The van der Waals surface area contributed by atoms with Gasteiger partial charge in [0.25, 0.3) is 5.56 Å². The van der Waals surface area contributed by atoms with Crippen molar-refractivity contribution < 1.29 is 4.79 Å². The third kappa shape index (κ3) is 4.00. The van der Waals surface area contributed by atoms with Crippen molar-refractivity contribution in [2.75, 3.05) is 5.75 Å². The van der Waals surface area contributed by atoms with Gasteiger partial charge in [-0.15, -0.1) is 0 Å². The van der Waals surface area contributed by atoms with Crippen LogP contribution < -0.4 is 5.56 Å². The van der Waals surface area contributed by atoms with Crippen LogP contribution in [0.2, 0.25) is 0 Å². The molecule has 0 amide bonds. The molecule has 3 aromatic carbocycles. The van der Waals surface area contributed by atoms with Gasteiger partial charge in [-0.1, -0.05) is 73.3 Å². The summed E-state index contributed by atoms with van der Waals surface area (Å²) in [5.74, 6) is 0.225. The lowest BCUT2D eigenvalue weighted by molar-refractivity contribution is 0.102. The van der Waals surface area contributed by atoms with Gasteiger partial charge in [0, 0.05) is 5.56 Å². The number of benzene rings is 3. The van der Waals surface area contributed by atoms with E-state index in [-0.39, 0.29) is 17.1 Å². The average Bonchev–Trinajstić information content (AvgIpc) is 2.78. The Morgan fingerprint density at radius 2 is 1.62 bits per heavy atom. The summed E-state index contributed by atoms with van der Waals surface area (Å²) in [6.07, 6.45) is 0.938. The van der Waals surface area contributed by atoms with Gasteiger partial charge in [0.1, 0.15) is 0 Å². The number of carbonyl (C=O) groups excluding carboxylic acids is 1. The average molecular weight is 401 g/mol. The molecule has 144 valence electrons. The van der Waals surface area contributed by atoms with E-state index in [2.05, 4.69) is 11.9 Å². The molecular weight excluding hydrogens is 380 g/mol. The van der Waals surface area contributed by atoms with Crippen LogP contribution in [-0.2, 0) is 6.42 Å². The number of hydrogen-bond acceptors (Lipinski definition) is 4. The van der Waals surface area contributed by atoms with Crippen molar-refractivity contribution in [3.8, 4) is 5.69 Å². The molecule has 0 N–H and O–H groups in total. The van der Waals surface area contributed by atoms with E-state index in [1.165, 1.54) is 17.3 Å². The van der Waals surface area contributed by atoms with Crippen LogP contribution in [0, 0.1) is 0 Å². The highest BCUT2D eigenvalue weighted by atomic mass is 32.2. The maximum absolute atomic E-state index is 13.2. The van der Waals surface area contributed by atoms with Crippen LogP contribution in [-0.4, -0.2) is 21.1 Å². The molecule has 0 saturated heterocycles. The number of rotatable bonds is 6. The Balaban J connectivity index is 1.70. The summed E-state index contributed by atoms with van der Waals surface area (Å²) in [6.45, 7) is 2.08. The van der Waals surface area contributed by atoms with E-state index in [1.54, 1.807) is 10.6 Å². The first-order valence-corrected chi connectivity index (χ1v) is 10.5. The minimum absolute atomic E-state index is 0.0136. The number of aryl methyl sites for hydroxylation is 1. The van der Waals surface area contributed by atoms with Crippen molar-refractivity contribution in [2.45, 2.75) is 18.5 Å². The molecule has 0 bridgehead atoms. The molecule has 0 aliphatic rings. The fourth-order valence-electron chi connectivity index (χ4n) is 3.15. The van der Waals surface area contributed by atoms with Crippen molar-refractivity contribution in [2.24, 2.45) is 0 Å². The number of Topliss-reactive ketones (excluding diaryl/α,β-unsaturated/α-hetero) is 1. The van der Waals surface area contributed by atoms with E-state index in [4.69, 9.17) is 0 Å². The SMILES string of the molecule is CCc1ccc(C(=O)CSc2nc3ccccc3c(=O)n2-c2ccccc2)cc1. The van der Waals surface area contributed by atoms with Crippen LogP contribution >= 0.6 is 11.8 Å². The first kappa shape index (κ1) is 19.2. The molecule has 0 aliphatic carbocycles. The predicted molar refractivity (Wildman–Crippen MR) is 118 cm³/mol. The van der Waals surface area contributed by atoms with Crippen LogP contribution in [0.15, 0.2) is 88.8 Å². The minimum Gasteiger partial charge on any atom is -0.293 e. The first-order chi connectivity index (χ1) is 14.2. The molecule has 0 atom stereocenters. The van der Waals surface area contributed by atoms with E-state index in [0.717, 1.165) is 12.1 Å². The van der Waals surface area contributed by atoms with E-state index >= 15 is 0 Å². The summed E-state index contributed by atoms with van der Waals surface area (Å²) in [5, 5.41) is 1.07. The molecule has 0 saturated carbocycles. The number of hydrogen-bond donors (Lipinski definition) is 0. The lowest BCUT2D eigenvalue weighted by Gasteiger charge is -2.13. The van der Waals surface area contributed by atoms with Crippen LogP contribution in [0.5, 0.6) is 0 Å². The highest BCUT2D eigenvalue weighted by molar-refractivity contribution is 7.99. The van der Waals surface area contributed by atoms with Crippen molar-refractivity contribution >= 4 is 28.4 Å². The third-order valence-corrected chi connectivity index (χ3v) is 5.71. The highest BCUT2D eigenvalue weighted by Crippen LogP contribution is 2.22. The van der Waals surface area contributed by atoms with E-state index in [9.17, 15) is 9.59 Å². The molecule has 4 rings (SSSR count). The topological polar surface area (TPSA) is 52.0 Å². The Morgan fingerprint density at radius 1 is 0.931 bits per heavy atom. The maximum Gasteiger partial charge on any atom is 0.266 e. The third-order valence-electron chi connectivity index (χ3n) is 4.78. The molecule has 5 heteroatoms. The molecule has 29 heavy (non-hydrogen) atoms. The Kier molecular flexibility index (Phi) is 5.58. The normalized spacial score (nSPS) is 10.9. The highest BCUT2D eigenvalue weighted by Gasteiger charge is 2.15. The van der Waals surface area contributed by atoms with Gasteiger partial charge in [-0.2, -0.15) is 0 Å². The van der Waals surface area contributed by atoms with Crippen LogP contribution in [0.4, 0.5) is 0 Å². The second kappa shape index (κ2) is 8.45. The van der Waals surface area contributed by atoms with E-state index in [1.807, 2.05) is 72.8 Å². The molecule has 0 spiro atoms. The summed E-state index contributed by atoms with van der Waals surface area (Å²) in [6, 6.07) is 24.4. The summed E-state index contributed by atoms with van der Waals surface area (Å²) in [7, 11) is 0. The number of carbonyl (C=O) groups is 1. The molecular formula is C24H20N2O2S. The van der Waals surface area contributed by atoms with Gasteiger partial charge in [-0.3, -0.25) is 14.2 Å². The number of ketones is 1. The van der Waals surface area contributed by atoms with Gasteiger partial charge in [0.05, 0.1) is 22.3 Å².